The second kappa shape index (κ2) is 6.25. The second-order valence-electron chi connectivity index (χ2n) is 4.47. The third kappa shape index (κ3) is 3.15. The van der Waals surface area contributed by atoms with E-state index in [2.05, 4.69) is 4.98 Å². The Morgan fingerprint density at radius 2 is 2.00 bits per heavy atom. The lowest BCUT2D eigenvalue weighted by Gasteiger charge is -1.98. The van der Waals surface area contributed by atoms with Crippen LogP contribution in [0.3, 0.4) is 0 Å². The van der Waals surface area contributed by atoms with Gasteiger partial charge in [0.1, 0.15) is 0 Å². The first kappa shape index (κ1) is 14.7. The molecule has 0 bridgehead atoms. The summed E-state index contributed by atoms with van der Waals surface area (Å²) in [6, 6.07) is 13.7. The molecule has 0 saturated carbocycles. The van der Waals surface area contributed by atoms with Crippen LogP contribution in [0.5, 0.6) is 0 Å². The Morgan fingerprint density at radius 3 is 2.73 bits per heavy atom. The summed E-state index contributed by atoms with van der Waals surface area (Å²) in [6.07, 6.45) is 0. The maximum absolute atomic E-state index is 12.0. The SMILES string of the molecule is O=C(CSc1nc2ccc([N+](=O)[O-])cc2s1)c1ccccc1. The third-order valence-electron chi connectivity index (χ3n) is 2.99. The van der Waals surface area contributed by atoms with Crippen molar-refractivity contribution in [3.63, 3.8) is 0 Å². The van der Waals surface area contributed by atoms with Gasteiger partial charge in [-0.05, 0) is 6.07 Å². The van der Waals surface area contributed by atoms with Gasteiger partial charge in [0.05, 0.1) is 20.9 Å². The van der Waals surface area contributed by atoms with Crippen LogP contribution in [0.25, 0.3) is 10.2 Å². The molecule has 22 heavy (non-hydrogen) atoms. The summed E-state index contributed by atoms with van der Waals surface area (Å²) in [4.78, 5) is 26.8. The van der Waals surface area contributed by atoms with E-state index in [9.17, 15) is 14.9 Å². The summed E-state index contributed by atoms with van der Waals surface area (Å²) in [5.74, 6) is 0.335. The predicted octanol–water partition coefficient (Wildman–Crippen LogP) is 4.18. The lowest BCUT2D eigenvalue weighted by Crippen LogP contribution is -2.01. The van der Waals surface area contributed by atoms with Crippen molar-refractivity contribution in [1.29, 1.82) is 0 Å². The maximum atomic E-state index is 12.0. The fourth-order valence-electron chi connectivity index (χ4n) is 1.90. The summed E-state index contributed by atoms with van der Waals surface area (Å²) < 4.78 is 1.49. The Labute approximate surface area is 134 Å². The lowest BCUT2D eigenvalue weighted by molar-refractivity contribution is -0.384. The number of Topliss-reactive ketones (excluding diaryl/α,β-unsaturated/α-hetero) is 1. The number of nitro groups is 1. The topological polar surface area (TPSA) is 73.1 Å². The van der Waals surface area contributed by atoms with Gasteiger partial charge in [-0.3, -0.25) is 14.9 Å². The fourth-order valence-corrected chi connectivity index (χ4v) is 3.90. The number of nitro benzene ring substituents is 1. The smallest absolute Gasteiger partial charge is 0.270 e. The highest BCUT2D eigenvalue weighted by Crippen LogP contribution is 2.32. The van der Waals surface area contributed by atoms with Gasteiger partial charge in [0.2, 0.25) is 0 Å². The average Bonchev–Trinajstić information content (AvgIpc) is 2.95. The first-order valence-electron chi connectivity index (χ1n) is 6.39. The van der Waals surface area contributed by atoms with Crippen molar-refractivity contribution < 1.29 is 9.72 Å². The minimum Gasteiger partial charge on any atom is -0.293 e. The normalized spacial score (nSPS) is 10.7. The monoisotopic (exact) mass is 330 g/mol. The number of rotatable bonds is 5. The molecule has 0 N–H and O–H groups in total. The molecule has 1 heterocycles. The minimum absolute atomic E-state index is 0.0378. The molecule has 3 rings (SSSR count). The first-order chi connectivity index (χ1) is 10.6. The number of non-ortho nitro benzene ring substituents is 1. The molecule has 0 radical (unpaired) electrons. The number of thiazole rings is 1. The van der Waals surface area contributed by atoms with Crippen LogP contribution in [-0.2, 0) is 0 Å². The summed E-state index contributed by atoms with van der Waals surface area (Å²) in [5, 5.41) is 10.8. The van der Waals surface area contributed by atoms with Gasteiger partial charge in [-0.1, -0.05) is 42.1 Å². The van der Waals surface area contributed by atoms with Crippen LogP contribution < -0.4 is 0 Å². The highest BCUT2D eigenvalue weighted by atomic mass is 32.2. The molecule has 5 nitrogen and oxygen atoms in total. The van der Waals surface area contributed by atoms with E-state index < -0.39 is 4.92 Å². The number of nitrogens with zero attached hydrogens (tertiary/aromatic N) is 2. The largest absolute Gasteiger partial charge is 0.293 e. The molecule has 0 unspecified atom stereocenters. The van der Waals surface area contributed by atoms with Crippen molar-refractivity contribution in [3.05, 3.63) is 64.2 Å². The van der Waals surface area contributed by atoms with Crippen LogP contribution in [0.1, 0.15) is 10.4 Å². The minimum atomic E-state index is -0.426. The molecule has 110 valence electrons. The number of carbonyl (C=O) groups is 1. The predicted molar refractivity (Wildman–Crippen MR) is 87.8 cm³/mol. The van der Waals surface area contributed by atoms with E-state index in [-0.39, 0.29) is 11.5 Å². The van der Waals surface area contributed by atoms with Crippen LogP contribution in [0.2, 0.25) is 0 Å². The molecule has 0 fully saturated rings. The van der Waals surface area contributed by atoms with Crippen molar-refractivity contribution in [2.24, 2.45) is 0 Å². The van der Waals surface area contributed by atoms with Gasteiger partial charge in [-0.15, -0.1) is 11.3 Å². The first-order valence-corrected chi connectivity index (χ1v) is 8.20. The Balaban J connectivity index is 1.74. The summed E-state index contributed by atoms with van der Waals surface area (Å²) in [6.45, 7) is 0. The standard InChI is InChI=1S/C15H10N2O3S2/c18-13(10-4-2-1-3-5-10)9-21-15-16-12-7-6-11(17(19)20)8-14(12)22-15/h1-8H,9H2. The number of fused-ring (bicyclic) bond motifs is 1. The van der Waals surface area contributed by atoms with Crippen LogP contribution in [0.4, 0.5) is 5.69 Å². The number of thioether (sulfide) groups is 1. The van der Waals surface area contributed by atoms with E-state index >= 15 is 0 Å². The summed E-state index contributed by atoms with van der Waals surface area (Å²) in [7, 11) is 0. The number of benzene rings is 2. The molecular formula is C15H10N2O3S2. The van der Waals surface area contributed by atoms with Crippen molar-refractivity contribution in [2.45, 2.75) is 4.34 Å². The van der Waals surface area contributed by atoms with Crippen molar-refractivity contribution in [1.82, 2.24) is 4.98 Å². The number of ketones is 1. The number of carbonyl (C=O) groups excluding carboxylic acids is 1. The highest BCUT2D eigenvalue weighted by Gasteiger charge is 2.12. The average molecular weight is 330 g/mol. The zero-order valence-corrected chi connectivity index (χ0v) is 12.9. The van der Waals surface area contributed by atoms with Gasteiger partial charge in [-0.25, -0.2) is 4.98 Å². The van der Waals surface area contributed by atoms with E-state index in [0.29, 0.717) is 16.8 Å². The van der Waals surface area contributed by atoms with Crippen molar-refractivity contribution >= 4 is 44.8 Å². The number of hydrogen-bond acceptors (Lipinski definition) is 6. The van der Waals surface area contributed by atoms with E-state index in [1.165, 1.54) is 35.2 Å². The van der Waals surface area contributed by atoms with Crippen LogP contribution >= 0.6 is 23.1 Å². The third-order valence-corrected chi connectivity index (χ3v) is 5.15. The molecule has 0 aliphatic heterocycles. The zero-order valence-electron chi connectivity index (χ0n) is 11.3. The molecule has 0 spiro atoms. The van der Waals surface area contributed by atoms with Gasteiger partial charge >= 0.3 is 0 Å². The quantitative estimate of drug-likeness (QED) is 0.304. The van der Waals surface area contributed by atoms with Crippen LogP contribution in [0.15, 0.2) is 52.9 Å². The van der Waals surface area contributed by atoms with Gasteiger partial charge in [0.15, 0.2) is 10.1 Å². The molecular weight excluding hydrogens is 320 g/mol. The molecule has 1 aromatic heterocycles. The van der Waals surface area contributed by atoms with Crippen LogP contribution in [0, 0.1) is 10.1 Å². The fraction of sp³-hybridized carbons (Fsp3) is 0.0667. The lowest BCUT2D eigenvalue weighted by atomic mass is 10.2. The maximum Gasteiger partial charge on any atom is 0.270 e. The zero-order chi connectivity index (χ0) is 15.5. The molecule has 0 aliphatic carbocycles. The molecule has 0 amide bonds. The van der Waals surface area contributed by atoms with E-state index in [4.69, 9.17) is 0 Å². The number of aromatic nitrogens is 1. The number of hydrogen-bond donors (Lipinski definition) is 0. The Kier molecular flexibility index (Phi) is 4.17. The van der Waals surface area contributed by atoms with Crippen LogP contribution in [-0.4, -0.2) is 21.4 Å². The Morgan fingerprint density at radius 1 is 1.23 bits per heavy atom. The van der Waals surface area contributed by atoms with Gasteiger partial charge in [0.25, 0.3) is 5.69 Å². The van der Waals surface area contributed by atoms with Gasteiger partial charge < -0.3 is 0 Å². The molecule has 3 aromatic rings. The Hall–Kier alpha value is -2.25. The van der Waals surface area contributed by atoms with Gasteiger partial charge in [-0.2, -0.15) is 0 Å². The molecule has 2 aromatic carbocycles. The molecule has 7 heteroatoms. The molecule has 0 aliphatic rings. The van der Waals surface area contributed by atoms with E-state index in [0.717, 1.165) is 9.04 Å². The highest BCUT2D eigenvalue weighted by molar-refractivity contribution is 8.01. The summed E-state index contributed by atoms with van der Waals surface area (Å²) in [5.41, 5.74) is 1.44. The van der Waals surface area contributed by atoms with Crippen molar-refractivity contribution in [2.75, 3.05) is 5.75 Å². The van der Waals surface area contributed by atoms with Gasteiger partial charge in [0, 0.05) is 17.7 Å². The van der Waals surface area contributed by atoms with E-state index in [1.807, 2.05) is 18.2 Å². The molecule has 0 atom stereocenters. The van der Waals surface area contributed by atoms with E-state index in [1.54, 1.807) is 18.2 Å². The molecule has 0 saturated heterocycles. The Bertz CT molecular complexity index is 846. The summed E-state index contributed by atoms with van der Waals surface area (Å²) >= 11 is 2.71. The van der Waals surface area contributed by atoms with Crippen molar-refractivity contribution in [3.8, 4) is 0 Å². The second-order valence-corrected chi connectivity index (χ2v) is 6.72.